The number of amides is 2. The summed E-state index contributed by atoms with van der Waals surface area (Å²) < 4.78 is 25.5. The summed E-state index contributed by atoms with van der Waals surface area (Å²) in [5, 5.41) is 0. The van der Waals surface area contributed by atoms with E-state index in [2.05, 4.69) is 11.6 Å². The third-order valence-electron chi connectivity index (χ3n) is 2.05. The average molecular weight is 232 g/mol. The second-order valence-electron chi connectivity index (χ2n) is 2.96. The molecule has 2 amide bonds. The van der Waals surface area contributed by atoms with Crippen molar-refractivity contribution >= 4 is 23.4 Å². The molecule has 1 aliphatic heterocycles. The van der Waals surface area contributed by atoms with Crippen molar-refractivity contribution in [3.8, 4) is 0 Å². The number of imide groups is 1. The minimum atomic E-state index is -3.99. The van der Waals surface area contributed by atoms with E-state index in [4.69, 9.17) is 0 Å². The lowest BCUT2D eigenvalue weighted by Crippen LogP contribution is -2.41. The van der Waals surface area contributed by atoms with E-state index >= 15 is 0 Å². The van der Waals surface area contributed by atoms with E-state index in [1.807, 2.05) is 0 Å². The Morgan fingerprint density at radius 2 is 1.47 bits per heavy atom. The van der Waals surface area contributed by atoms with Gasteiger partial charge in [0.1, 0.15) is 0 Å². The quantitative estimate of drug-likeness (QED) is 0.422. The van der Waals surface area contributed by atoms with Crippen LogP contribution in [0.2, 0.25) is 0 Å². The van der Waals surface area contributed by atoms with Crippen molar-refractivity contribution in [2.75, 3.05) is 0 Å². The summed E-state index contributed by atoms with van der Waals surface area (Å²) >= 11 is 4.67. The zero-order valence-electron chi connectivity index (χ0n) is 7.21. The second-order valence-corrected chi connectivity index (χ2v) is 3.41. The van der Waals surface area contributed by atoms with Crippen molar-refractivity contribution in [1.29, 1.82) is 0 Å². The van der Waals surface area contributed by atoms with E-state index in [0.717, 1.165) is 0 Å². The summed E-state index contributed by atoms with van der Waals surface area (Å²) in [6.45, 7) is 0. The summed E-state index contributed by atoms with van der Waals surface area (Å²) in [7, 11) is 0. The van der Waals surface area contributed by atoms with Gasteiger partial charge in [0.05, 0.1) is 11.1 Å². The summed E-state index contributed by atoms with van der Waals surface area (Å²) in [6.07, 6.45) is 0. The lowest BCUT2D eigenvalue weighted by atomic mass is 10.1. The highest BCUT2D eigenvalue weighted by Gasteiger charge is 2.49. The molecular formula is C9H4ClF2NO2. The molecule has 0 fully saturated rings. The molecule has 0 saturated carbocycles. The van der Waals surface area contributed by atoms with Crippen LogP contribution in [0.5, 0.6) is 0 Å². The Morgan fingerprint density at radius 3 is 1.80 bits per heavy atom. The molecule has 0 unspecified atom stereocenters. The summed E-state index contributed by atoms with van der Waals surface area (Å²) in [5.74, 6) is -2.15. The van der Waals surface area contributed by atoms with Crippen LogP contribution >= 0.6 is 11.6 Å². The summed E-state index contributed by atoms with van der Waals surface area (Å²) in [4.78, 5) is 22.5. The maximum atomic E-state index is 12.7. The Morgan fingerprint density at radius 1 is 1.07 bits per heavy atom. The molecule has 0 radical (unpaired) electrons. The molecule has 0 bridgehead atoms. The Balaban J connectivity index is 2.55. The molecule has 0 saturated heterocycles. The van der Waals surface area contributed by atoms with Gasteiger partial charge in [-0.15, -0.1) is 0 Å². The Hall–Kier alpha value is -1.49. The molecule has 0 N–H and O–H groups in total. The van der Waals surface area contributed by atoms with E-state index in [0.29, 0.717) is 0 Å². The Bertz CT molecular complexity index is 421. The molecule has 0 aliphatic carbocycles. The molecule has 1 heterocycles. The second kappa shape index (κ2) is 3.00. The lowest BCUT2D eigenvalue weighted by Gasteiger charge is -2.18. The number of carbonyl (C=O) groups is 2. The van der Waals surface area contributed by atoms with Gasteiger partial charge >= 0.3 is 5.51 Å². The van der Waals surface area contributed by atoms with Crippen LogP contribution in [0.4, 0.5) is 8.78 Å². The molecule has 0 spiro atoms. The van der Waals surface area contributed by atoms with Crippen LogP contribution < -0.4 is 0 Å². The standard InChI is InChI=1S/C9H4ClF2NO2/c10-9(11,12)13-7(14)5-3-1-2-4-6(5)8(13)15/h1-4H. The number of halogens is 3. The first kappa shape index (κ1) is 10.0. The van der Waals surface area contributed by atoms with Crippen molar-refractivity contribution in [1.82, 2.24) is 4.90 Å². The fraction of sp³-hybridized carbons (Fsp3) is 0.111. The number of alkyl halides is 3. The zero-order chi connectivity index (χ0) is 11.2. The number of hydrogen-bond acceptors (Lipinski definition) is 2. The van der Waals surface area contributed by atoms with Crippen molar-refractivity contribution in [3.05, 3.63) is 35.4 Å². The molecule has 78 valence electrons. The highest BCUT2D eigenvalue weighted by Crippen LogP contribution is 2.33. The van der Waals surface area contributed by atoms with Crippen LogP contribution in [0.25, 0.3) is 0 Å². The van der Waals surface area contributed by atoms with E-state index in [1.54, 1.807) is 0 Å². The average Bonchev–Trinajstić information content (AvgIpc) is 2.39. The number of fused-ring (bicyclic) bond motifs is 1. The van der Waals surface area contributed by atoms with E-state index in [-0.39, 0.29) is 16.0 Å². The van der Waals surface area contributed by atoms with Gasteiger partial charge in [0.25, 0.3) is 11.8 Å². The zero-order valence-corrected chi connectivity index (χ0v) is 7.96. The molecule has 3 nitrogen and oxygen atoms in total. The van der Waals surface area contributed by atoms with Crippen molar-refractivity contribution in [2.45, 2.75) is 5.51 Å². The molecule has 15 heavy (non-hydrogen) atoms. The monoisotopic (exact) mass is 231 g/mol. The third kappa shape index (κ3) is 1.39. The van der Waals surface area contributed by atoms with Crippen LogP contribution in [0.3, 0.4) is 0 Å². The smallest absolute Gasteiger partial charge is 0.268 e. The SMILES string of the molecule is O=C1c2ccccc2C(=O)N1C(F)(F)Cl. The van der Waals surface area contributed by atoms with Gasteiger partial charge in [-0.1, -0.05) is 12.1 Å². The molecule has 1 aromatic carbocycles. The van der Waals surface area contributed by atoms with Crippen LogP contribution in [-0.4, -0.2) is 22.2 Å². The van der Waals surface area contributed by atoms with Crippen molar-refractivity contribution < 1.29 is 18.4 Å². The van der Waals surface area contributed by atoms with Gasteiger partial charge in [-0.25, -0.2) is 0 Å². The first-order valence-corrected chi connectivity index (χ1v) is 4.35. The van der Waals surface area contributed by atoms with Crippen LogP contribution in [-0.2, 0) is 0 Å². The van der Waals surface area contributed by atoms with E-state index in [1.165, 1.54) is 24.3 Å². The molecule has 1 aromatic rings. The van der Waals surface area contributed by atoms with Gasteiger partial charge in [0.2, 0.25) is 0 Å². The first-order valence-electron chi connectivity index (χ1n) is 3.97. The van der Waals surface area contributed by atoms with Crippen molar-refractivity contribution in [3.63, 3.8) is 0 Å². The predicted octanol–water partition coefficient (Wildman–Crippen LogP) is 2.07. The summed E-state index contributed by atoms with van der Waals surface area (Å²) in [6, 6.07) is 5.58. The fourth-order valence-electron chi connectivity index (χ4n) is 1.42. The van der Waals surface area contributed by atoms with Crippen molar-refractivity contribution in [2.24, 2.45) is 0 Å². The summed E-state index contributed by atoms with van der Waals surface area (Å²) in [5.41, 5.74) is -4.10. The molecule has 2 rings (SSSR count). The van der Waals surface area contributed by atoms with Gasteiger partial charge in [-0.05, 0) is 23.7 Å². The highest BCUT2D eigenvalue weighted by molar-refractivity contribution is 6.29. The molecule has 6 heteroatoms. The van der Waals surface area contributed by atoms with Gasteiger partial charge in [0, 0.05) is 0 Å². The molecule has 0 atom stereocenters. The topological polar surface area (TPSA) is 37.4 Å². The lowest BCUT2D eigenvalue weighted by molar-refractivity contribution is -0.0340. The van der Waals surface area contributed by atoms with Gasteiger partial charge in [0.15, 0.2) is 0 Å². The highest BCUT2D eigenvalue weighted by atomic mass is 35.5. The molecular weight excluding hydrogens is 228 g/mol. The fourth-order valence-corrected chi connectivity index (χ4v) is 1.57. The minimum absolute atomic E-state index is 0.0529. The Labute approximate surface area is 88.2 Å². The van der Waals surface area contributed by atoms with E-state index in [9.17, 15) is 18.4 Å². The maximum absolute atomic E-state index is 12.7. The normalized spacial score (nSPS) is 15.8. The molecule has 0 aromatic heterocycles. The number of carbonyl (C=O) groups excluding carboxylic acids is 2. The van der Waals surface area contributed by atoms with Crippen LogP contribution in [0.15, 0.2) is 24.3 Å². The largest absolute Gasteiger partial charge is 0.416 e. The van der Waals surface area contributed by atoms with Crippen LogP contribution in [0, 0.1) is 0 Å². The minimum Gasteiger partial charge on any atom is -0.268 e. The first-order chi connectivity index (χ1) is 6.93. The maximum Gasteiger partial charge on any atom is 0.416 e. The van der Waals surface area contributed by atoms with Gasteiger partial charge in [-0.2, -0.15) is 13.7 Å². The predicted molar refractivity (Wildman–Crippen MR) is 47.7 cm³/mol. The number of rotatable bonds is 1. The molecule has 1 aliphatic rings. The van der Waals surface area contributed by atoms with Crippen LogP contribution in [0.1, 0.15) is 20.7 Å². The third-order valence-corrected chi connectivity index (χ3v) is 2.22. The van der Waals surface area contributed by atoms with Gasteiger partial charge in [-0.3, -0.25) is 9.59 Å². The van der Waals surface area contributed by atoms with Gasteiger partial charge < -0.3 is 0 Å². The number of hydrogen-bond donors (Lipinski definition) is 0. The Kier molecular flexibility index (Phi) is 2.01. The van der Waals surface area contributed by atoms with E-state index < -0.39 is 17.3 Å². The number of benzene rings is 1. The number of nitrogens with zero attached hydrogens (tertiary/aromatic N) is 1.